The van der Waals surface area contributed by atoms with E-state index in [0.29, 0.717) is 6.54 Å². The van der Waals surface area contributed by atoms with Gasteiger partial charge in [-0.15, -0.1) is 0 Å². The minimum atomic E-state index is -0.238. The summed E-state index contributed by atoms with van der Waals surface area (Å²) in [5.74, 6) is 0.828. The maximum Gasteiger partial charge on any atom is 0.173 e. The van der Waals surface area contributed by atoms with Crippen LogP contribution in [-0.4, -0.2) is 32.0 Å². The van der Waals surface area contributed by atoms with Crippen LogP contribution in [0.1, 0.15) is 5.56 Å². The molecule has 78 valence electrons. The molecule has 1 rings (SSSR count). The van der Waals surface area contributed by atoms with E-state index in [-0.39, 0.29) is 6.29 Å². The number of anilines is 1. The summed E-state index contributed by atoms with van der Waals surface area (Å²) in [5.41, 5.74) is 1.14. The van der Waals surface area contributed by atoms with Crippen LogP contribution in [0.2, 0.25) is 0 Å². The third-order valence-electron chi connectivity index (χ3n) is 1.89. The Morgan fingerprint density at radius 2 is 2.07 bits per heavy atom. The third-order valence-corrected chi connectivity index (χ3v) is 1.89. The lowest BCUT2D eigenvalue weighted by molar-refractivity contribution is -0.0914. The average Bonchev–Trinajstić information content (AvgIpc) is 2.22. The van der Waals surface area contributed by atoms with Gasteiger partial charge < -0.3 is 14.8 Å². The van der Waals surface area contributed by atoms with Crippen LogP contribution >= 0.6 is 0 Å². The molecule has 0 saturated heterocycles. The lowest BCUT2D eigenvalue weighted by Crippen LogP contribution is -2.23. The highest BCUT2D eigenvalue weighted by molar-refractivity contribution is 5.35. The second kappa shape index (κ2) is 5.57. The molecular weight excluding hydrogens is 180 g/mol. The maximum atomic E-state index is 5.03. The topological polar surface area (TPSA) is 43.4 Å². The summed E-state index contributed by atoms with van der Waals surface area (Å²) in [4.78, 5) is 4.20. The fourth-order valence-corrected chi connectivity index (χ4v) is 1.02. The van der Waals surface area contributed by atoms with E-state index in [1.807, 2.05) is 25.3 Å². The number of aryl methyl sites for hydroxylation is 1. The van der Waals surface area contributed by atoms with Crippen molar-refractivity contribution >= 4 is 5.82 Å². The molecule has 0 fully saturated rings. The van der Waals surface area contributed by atoms with E-state index in [4.69, 9.17) is 9.47 Å². The molecule has 1 aromatic rings. The summed E-state index contributed by atoms with van der Waals surface area (Å²) < 4.78 is 10.1. The molecular formula is C10H16N2O2. The lowest BCUT2D eigenvalue weighted by atomic mass is 10.3. The largest absolute Gasteiger partial charge is 0.365 e. The number of hydrogen-bond acceptors (Lipinski definition) is 4. The first-order valence-electron chi connectivity index (χ1n) is 4.48. The second-order valence-electron chi connectivity index (χ2n) is 3.00. The van der Waals surface area contributed by atoms with Crippen molar-refractivity contribution in [2.24, 2.45) is 0 Å². The Hall–Kier alpha value is -1.13. The highest BCUT2D eigenvalue weighted by atomic mass is 16.7. The number of nitrogens with one attached hydrogen (secondary N) is 1. The first-order valence-corrected chi connectivity index (χ1v) is 4.48. The molecule has 0 unspecified atom stereocenters. The van der Waals surface area contributed by atoms with E-state index in [9.17, 15) is 0 Å². The van der Waals surface area contributed by atoms with Gasteiger partial charge in [0.1, 0.15) is 5.82 Å². The normalized spacial score (nSPS) is 10.6. The van der Waals surface area contributed by atoms with Crippen molar-refractivity contribution in [1.29, 1.82) is 0 Å². The zero-order chi connectivity index (χ0) is 10.4. The summed E-state index contributed by atoms with van der Waals surface area (Å²) in [6.07, 6.45) is 1.58. The molecule has 4 heteroatoms. The molecule has 0 aromatic carbocycles. The molecule has 1 heterocycles. The van der Waals surface area contributed by atoms with Gasteiger partial charge in [-0.2, -0.15) is 0 Å². The van der Waals surface area contributed by atoms with Gasteiger partial charge in [0.05, 0.1) is 6.54 Å². The SMILES string of the molecule is COC(CNc1ccc(C)cn1)OC. The van der Waals surface area contributed by atoms with Crippen molar-refractivity contribution in [1.82, 2.24) is 4.98 Å². The molecule has 0 aliphatic carbocycles. The molecule has 0 saturated carbocycles. The van der Waals surface area contributed by atoms with E-state index in [1.54, 1.807) is 14.2 Å². The standard InChI is InChI=1S/C10H16N2O2/c1-8-4-5-9(11-6-8)12-7-10(13-2)14-3/h4-6,10H,7H2,1-3H3,(H,11,12). The summed E-state index contributed by atoms with van der Waals surface area (Å²) in [6.45, 7) is 2.59. The summed E-state index contributed by atoms with van der Waals surface area (Å²) in [5, 5.41) is 3.11. The number of aromatic nitrogens is 1. The van der Waals surface area contributed by atoms with E-state index in [2.05, 4.69) is 10.3 Å². The van der Waals surface area contributed by atoms with Gasteiger partial charge in [0, 0.05) is 20.4 Å². The number of hydrogen-bond donors (Lipinski definition) is 1. The van der Waals surface area contributed by atoms with Crippen molar-refractivity contribution < 1.29 is 9.47 Å². The Balaban J connectivity index is 2.41. The Morgan fingerprint density at radius 1 is 1.36 bits per heavy atom. The quantitative estimate of drug-likeness (QED) is 0.723. The van der Waals surface area contributed by atoms with Crippen LogP contribution in [0.25, 0.3) is 0 Å². The van der Waals surface area contributed by atoms with E-state index >= 15 is 0 Å². The van der Waals surface area contributed by atoms with Crippen LogP contribution in [0.3, 0.4) is 0 Å². The fourth-order valence-electron chi connectivity index (χ4n) is 1.02. The Morgan fingerprint density at radius 3 is 2.57 bits per heavy atom. The molecule has 4 nitrogen and oxygen atoms in total. The van der Waals surface area contributed by atoms with Gasteiger partial charge in [0.15, 0.2) is 6.29 Å². The lowest BCUT2D eigenvalue weighted by Gasteiger charge is -2.14. The minimum Gasteiger partial charge on any atom is -0.365 e. The molecule has 0 aliphatic rings. The van der Waals surface area contributed by atoms with E-state index < -0.39 is 0 Å². The third kappa shape index (κ3) is 3.32. The van der Waals surface area contributed by atoms with Crippen molar-refractivity contribution in [2.45, 2.75) is 13.2 Å². The van der Waals surface area contributed by atoms with Crippen molar-refractivity contribution in [2.75, 3.05) is 26.1 Å². The van der Waals surface area contributed by atoms with Gasteiger partial charge in [-0.3, -0.25) is 0 Å². The molecule has 0 spiro atoms. The first kappa shape index (κ1) is 10.9. The number of pyridine rings is 1. The Labute approximate surface area is 84.3 Å². The van der Waals surface area contributed by atoms with Crippen molar-refractivity contribution in [3.63, 3.8) is 0 Å². The van der Waals surface area contributed by atoms with E-state index in [1.165, 1.54) is 0 Å². The smallest absolute Gasteiger partial charge is 0.173 e. The number of methoxy groups -OCH3 is 2. The molecule has 1 aromatic heterocycles. The van der Waals surface area contributed by atoms with Crippen LogP contribution in [0.4, 0.5) is 5.82 Å². The highest BCUT2D eigenvalue weighted by Crippen LogP contribution is 2.04. The van der Waals surface area contributed by atoms with Crippen LogP contribution < -0.4 is 5.32 Å². The van der Waals surface area contributed by atoms with Crippen LogP contribution in [0.5, 0.6) is 0 Å². The molecule has 1 N–H and O–H groups in total. The maximum absolute atomic E-state index is 5.03. The second-order valence-corrected chi connectivity index (χ2v) is 3.00. The van der Waals surface area contributed by atoms with Crippen LogP contribution in [0, 0.1) is 6.92 Å². The van der Waals surface area contributed by atoms with Gasteiger partial charge in [-0.1, -0.05) is 6.07 Å². The predicted octanol–water partition coefficient (Wildman–Crippen LogP) is 1.42. The number of nitrogens with zero attached hydrogens (tertiary/aromatic N) is 1. The number of ether oxygens (including phenoxy) is 2. The zero-order valence-electron chi connectivity index (χ0n) is 8.78. The highest BCUT2D eigenvalue weighted by Gasteiger charge is 2.03. The summed E-state index contributed by atoms with van der Waals surface area (Å²) in [7, 11) is 3.22. The summed E-state index contributed by atoms with van der Waals surface area (Å²) >= 11 is 0. The first-order chi connectivity index (χ1) is 6.76. The van der Waals surface area contributed by atoms with Crippen molar-refractivity contribution in [3.8, 4) is 0 Å². The monoisotopic (exact) mass is 196 g/mol. The molecule has 14 heavy (non-hydrogen) atoms. The number of rotatable bonds is 5. The molecule has 0 atom stereocenters. The zero-order valence-corrected chi connectivity index (χ0v) is 8.78. The van der Waals surface area contributed by atoms with Gasteiger partial charge in [0.2, 0.25) is 0 Å². The summed E-state index contributed by atoms with van der Waals surface area (Å²) in [6, 6.07) is 3.93. The Kier molecular flexibility index (Phi) is 4.35. The average molecular weight is 196 g/mol. The van der Waals surface area contributed by atoms with Crippen LogP contribution in [-0.2, 0) is 9.47 Å². The fraction of sp³-hybridized carbons (Fsp3) is 0.500. The molecule has 0 bridgehead atoms. The molecule has 0 aliphatic heterocycles. The predicted molar refractivity (Wildman–Crippen MR) is 55.3 cm³/mol. The van der Waals surface area contributed by atoms with Gasteiger partial charge >= 0.3 is 0 Å². The van der Waals surface area contributed by atoms with Gasteiger partial charge in [-0.25, -0.2) is 4.98 Å². The molecule has 0 radical (unpaired) electrons. The molecule has 0 amide bonds. The van der Waals surface area contributed by atoms with Crippen LogP contribution in [0.15, 0.2) is 18.3 Å². The van der Waals surface area contributed by atoms with Gasteiger partial charge in [-0.05, 0) is 18.6 Å². The van der Waals surface area contributed by atoms with E-state index in [0.717, 1.165) is 11.4 Å². The van der Waals surface area contributed by atoms with Crippen molar-refractivity contribution in [3.05, 3.63) is 23.9 Å². The van der Waals surface area contributed by atoms with Gasteiger partial charge in [0.25, 0.3) is 0 Å². The minimum absolute atomic E-state index is 0.238. The Bertz CT molecular complexity index is 257.